The molecule has 0 bridgehead atoms. The molecule has 0 atom stereocenters. The van der Waals surface area contributed by atoms with Crippen molar-refractivity contribution in [1.82, 2.24) is 0 Å². The standard InChI is InChI=1S/C48H72O5P2/c1-47(2,3)29-30-49-31-32-50-33-34-51-35-36-52-37-38-53-39-42-54(43-21-11-7-12-22-43,44-23-13-8-14-24-44)40-19-20-41-55(48(4,5)6,45-25-15-9-16-26-45)46-27-17-10-18-28-46/h7-18,21-28,54-55H,19-20,29-42H2,1-6H3. The van der Waals surface area contributed by atoms with Crippen LogP contribution in [0.3, 0.4) is 0 Å². The van der Waals surface area contributed by atoms with Crippen LogP contribution in [-0.2, 0) is 23.7 Å². The van der Waals surface area contributed by atoms with Crippen LogP contribution in [0.5, 0.6) is 0 Å². The van der Waals surface area contributed by atoms with E-state index in [9.17, 15) is 0 Å². The number of hydrogen-bond acceptors (Lipinski definition) is 5. The summed E-state index contributed by atoms with van der Waals surface area (Å²) in [7, 11) is -4.27. The fourth-order valence-corrected chi connectivity index (χ4v) is 18.4. The van der Waals surface area contributed by atoms with Gasteiger partial charge in [-0.25, -0.2) is 0 Å². The van der Waals surface area contributed by atoms with Crippen LogP contribution in [-0.4, -0.2) is 89.7 Å². The van der Waals surface area contributed by atoms with Gasteiger partial charge in [0.15, 0.2) is 0 Å². The van der Waals surface area contributed by atoms with Crippen LogP contribution in [0.15, 0.2) is 121 Å². The number of hydrogen-bond donors (Lipinski definition) is 0. The summed E-state index contributed by atoms with van der Waals surface area (Å²) < 4.78 is 29.1. The van der Waals surface area contributed by atoms with E-state index < -0.39 is 14.5 Å². The Balaban J connectivity index is 1.30. The van der Waals surface area contributed by atoms with Crippen molar-refractivity contribution in [1.29, 1.82) is 0 Å². The van der Waals surface area contributed by atoms with Crippen molar-refractivity contribution in [3.05, 3.63) is 121 Å². The van der Waals surface area contributed by atoms with E-state index in [1.807, 2.05) is 0 Å². The van der Waals surface area contributed by atoms with E-state index in [0.29, 0.717) is 58.3 Å². The summed E-state index contributed by atoms with van der Waals surface area (Å²) in [4.78, 5) is 0. The summed E-state index contributed by atoms with van der Waals surface area (Å²) >= 11 is 0. The normalized spacial score (nSPS) is 13.2. The predicted octanol–water partition coefficient (Wildman–Crippen LogP) is 8.89. The number of benzene rings is 4. The van der Waals surface area contributed by atoms with Crippen LogP contribution < -0.4 is 21.2 Å². The van der Waals surface area contributed by atoms with Crippen LogP contribution in [0.25, 0.3) is 0 Å². The quantitative estimate of drug-likeness (QED) is 0.0470. The molecule has 0 aliphatic carbocycles. The third-order valence-electron chi connectivity index (χ3n) is 11.0. The molecule has 0 saturated heterocycles. The summed E-state index contributed by atoms with van der Waals surface area (Å²) in [5.74, 6) is 0. The van der Waals surface area contributed by atoms with Crippen molar-refractivity contribution in [2.24, 2.45) is 5.41 Å². The molecular formula is C48H72O5P2. The summed E-state index contributed by atoms with van der Waals surface area (Å²) in [5, 5.41) is 6.26. The molecule has 304 valence electrons. The average molecular weight is 791 g/mol. The maximum absolute atomic E-state index is 6.32. The molecule has 0 amide bonds. The third kappa shape index (κ3) is 14.5. The first-order chi connectivity index (χ1) is 26.6. The van der Waals surface area contributed by atoms with Gasteiger partial charge in [0, 0.05) is 6.61 Å². The van der Waals surface area contributed by atoms with Crippen LogP contribution in [0, 0.1) is 5.41 Å². The topological polar surface area (TPSA) is 46.2 Å². The Morgan fingerprint density at radius 1 is 0.364 bits per heavy atom. The van der Waals surface area contributed by atoms with Gasteiger partial charge in [-0.2, -0.15) is 0 Å². The molecule has 0 aliphatic heterocycles. The van der Waals surface area contributed by atoms with E-state index in [2.05, 4.69) is 163 Å². The summed E-state index contributed by atoms with van der Waals surface area (Å²) in [6, 6.07) is 45.5. The zero-order chi connectivity index (χ0) is 39.3. The second kappa shape index (κ2) is 23.7. The molecule has 0 heterocycles. The molecule has 55 heavy (non-hydrogen) atoms. The fraction of sp³-hybridized carbons (Fsp3) is 0.500. The Morgan fingerprint density at radius 3 is 1.05 bits per heavy atom. The first kappa shape index (κ1) is 45.2. The van der Waals surface area contributed by atoms with Gasteiger partial charge in [0.25, 0.3) is 0 Å². The van der Waals surface area contributed by atoms with E-state index in [-0.39, 0.29) is 5.16 Å². The van der Waals surface area contributed by atoms with Gasteiger partial charge >= 0.3 is 280 Å². The second-order valence-electron chi connectivity index (χ2n) is 17.0. The van der Waals surface area contributed by atoms with Crippen molar-refractivity contribution in [3.8, 4) is 0 Å². The van der Waals surface area contributed by atoms with Crippen LogP contribution in [0.1, 0.15) is 60.8 Å². The number of rotatable bonds is 26. The zero-order valence-electron chi connectivity index (χ0n) is 34.9. The van der Waals surface area contributed by atoms with E-state index in [4.69, 9.17) is 23.7 Å². The van der Waals surface area contributed by atoms with Gasteiger partial charge in [-0.15, -0.1) is 0 Å². The Morgan fingerprint density at radius 2 is 0.691 bits per heavy atom. The molecule has 0 spiro atoms. The Labute approximate surface area is 335 Å². The van der Waals surface area contributed by atoms with Crippen molar-refractivity contribution in [2.45, 2.75) is 66.0 Å². The van der Waals surface area contributed by atoms with Crippen molar-refractivity contribution in [2.75, 3.05) is 84.6 Å². The molecule has 0 saturated carbocycles. The summed E-state index contributed by atoms with van der Waals surface area (Å²) in [6.07, 6.45) is 6.93. The number of ether oxygens (including phenoxy) is 5. The molecule has 4 aromatic rings. The summed E-state index contributed by atoms with van der Waals surface area (Å²) in [6.45, 7) is 20.2. The molecule has 0 N–H and O–H groups in total. The van der Waals surface area contributed by atoms with Crippen molar-refractivity contribution >= 4 is 35.7 Å². The van der Waals surface area contributed by atoms with Gasteiger partial charge in [0.1, 0.15) is 0 Å². The predicted molar refractivity (Wildman–Crippen MR) is 243 cm³/mol. The molecular weight excluding hydrogens is 718 g/mol. The van der Waals surface area contributed by atoms with Gasteiger partial charge in [-0.3, -0.25) is 0 Å². The van der Waals surface area contributed by atoms with Crippen LogP contribution in [0.4, 0.5) is 0 Å². The maximum atomic E-state index is 6.32. The molecule has 0 aromatic heterocycles. The van der Waals surface area contributed by atoms with E-state index in [1.54, 1.807) is 10.6 Å². The van der Waals surface area contributed by atoms with Crippen LogP contribution >= 0.6 is 14.5 Å². The Bertz CT molecular complexity index is 1480. The van der Waals surface area contributed by atoms with E-state index in [1.165, 1.54) is 35.8 Å². The van der Waals surface area contributed by atoms with Crippen LogP contribution in [0.2, 0.25) is 0 Å². The summed E-state index contributed by atoms with van der Waals surface area (Å²) in [5.41, 5.74) is 0.302. The van der Waals surface area contributed by atoms with Gasteiger partial charge in [-0.1, -0.05) is 20.8 Å². The minimum atomic E-state index is -2.15. The monoisotopic (exact) mass is 790 g/mol. The zero-order valence-corrected chi connectivity index (χ0v) is 36.9. The minimum absolute atomic E-state index is 0.167. The molecule has 5 nitrogen and oxygen atoms in total. The van der Waals surface area contributed by atoms with Crippen molar-refractivity contribution in [3.63, 3.8) is 0 Å². The Kier molecular flexibility index (Phi) is 19.5. The molecule has 0 unspecified atom stereocenters. The molecule has 0 radical (unpaired) electrons. The van der Waals surface area contributed by atoms with Crippen molar-refractivity contribution < 1.29 is 23.7 Å². The molecule has 4 aromatic carbocycles. The van der Waals surface area contributed by atoms with Gasteiger partial charge in [0.2, 0.25) is 0 Å². The van der Waals surface area contributed by atoms with E-state index >= 15 is 0 Å². The molecule has 0 aliphatic rings. The van der Waals surface area contributed by atoms with E-state index in [0.717, 1.165) is 25.8 Å². The molecule has 7 heteroatoms. The van der Waals surface area contributed by atoms with Gasteiger partial charge < -0.3 is 4.74 Å². The second-order valence-corrected chi connectivity index (χ2v) is 26.3. The third-order valence-corrected chi connectivity index (χ3v) is 22.5. The SMILES string of the molecule is CC(C)(C)CCOCCOCCOCCOCCOCC[PH](CCCC[PH](c1ccccc1)(c1ccccc1)C(C)(C)C)(c1ccccc1)c1ccccc1. The first-order valence-electron chi connectivity index (χ1n) is 20.7. The van der Waals surface area contributed by atoms with Gasteiger partial charge in [0.05, 0.1) is 13.2 Å². The average Bonchev–Trinajstić information content (AvgIpc) is 3.19. The Hall–Kier alpha value is -2.46. The number of unbranched alkanes of at least 4 members (excludes halogenated alkanes) is 1. The molecule has 0 fully saturated rings. The molecule has 4 rings (SSSR count). The fourth-order valence-electron chi connectivity index (χ4n) is 7.95. The van der Waals surface area contributed by atoms with Gasteiger partial charge in [-0.05, 0) is 11.8 Å². The first-order valence-corrected chi connectivity index (χ1v) is 25.3.